The second-order valence-corrected chi connectivity index (χ2v) is 8.70. The number of benzene rings is 2. The molecule has 0 aliphatic heterocycles. The number of amides is 1. The van der Waals surface area contributed by atoms with Gasteiger partial charge < -0.3 is 10.1 Å². The number of hydrogen-bond acceptors (Lipinski definition) is 6. The quantitative estimate of drug-likeness (QED) is 0.528. The molecule has 1 amide bonds. The summed E-state index contributed by atoms with van der Waals surface area (Å²) in [6.07, 6.45) is 0.484. The zero-order chi connectivity index (χ0) is 23.3. The van der Waals surface area contributed by atoms with E-state index in [1.165, 1.54) is 18.2 Å². The number of nitrogens with two attached hydrogens (primary N) is 1. The van der Waals surface area contributed by atoms with E-state index in [1.54, 1.807) is 44.4 Å². The second-order valence-electron chi connectivity index (χ2n) is 7.14. The highest BCUT2D eigenvalue weighted by Crippen LogP contribution is 2.20. The molecule has 32 heavy (non-hydrogen) atoms. The molecule has 0 aliphatic carbocycles. The molecule has 3 rings (SSSR count). The number of rotatable bonds is 8. The predicted molar refractivity (Wildman–Crippen MR) is 120 cm³/mol. The lowest BCUT2D eigenvalue weighted by Gasteiger charge is -2.15. The van der Waals surface area contributed by atoms with Gasteiger partial charge in [-0.2, -0.15) is 5.10 Å². The first-order chi connectivity index (χ1) is 15.2. The van der Waals surface area contributed by atoms with E-state index in [0.29, 0.717) is 24.4 Å². The lowest BCUT2D eigenvalue weighted by Crippen LogP contribution is -2.37. The number of ether oxygens (including phenoxy) is 1. The predicted octanol–water partition coefficient (Wildman–Crippen LogP) is 1.49. The van der Waals surface area contributed by atoms with Crippen molar-refractivity contribution >= 4 is 15.9 Å². The molecule has 3 aromatic rings. The number of sulfonamides is 1. The summed E-state index contributed by atoms with van der Waals surface area (Å²) in [6, 6.07) is 15.5. The maximum absolute atomic E-state index is 12.6. The van der Waals surface area contributed by atoms with Gasteiger partial charge in [0.15, 0.2) is 0 Å². The van der Waals surface area contributed by atoms with Crippen LogP contribution in [0.1, 0.15) is 18.5 Å². The third-order valence-corrected chi connectivity index (χ3v) is 5.85. The lowest BCUT2D eigenvalue weighted by atomic mass is 10.1. The molecule has 0 bridgehead atoms. The van der Waals surface area contributed by atoms with Crippen LogP contribution in [0.2, 0.25) is 0 Å². The lowest BCUT2D eigenvalue weighted by molar-refractivity contribution is -0.124. The topological polar surface area (TPSA) is 133 Å². The normalized spacial score (nSPS) is 12.2. The van der Waals surface area contributed by atoms with Gasteiger partial charge in [-0.05, 0) is 61.4 Å². The monoisotopic (exact) mass is 456 g/mol. The third kappa shape index (κ3) is 5.59. The first kappa shape index (κ1) is 23.2. The summed E-state index contributed by atoms with van der Waals surface area (Å²) in [5, 5.41) is 12.2. The molecule has 1 heterocycles. The smallest absolute Gasteiger partial charge is 0.267 e. The van der Waals surface area contributed by atoms with Gasteiger partial charge in [0.25, 0.3) is 5.56 Å². The Labute approximate surface area is 185 Å². The van der Waals surface area contributed by atoms with Crippen molar-refractivity contribution in [1.29, 1.82) is 0 Å². The highest BCUT2D eigenvalue weighted by Gasteiger charge is 2.18. The van der Waals surface area contributed by atoms with E-state index in [1.807, 2.05) is 12.1 Å². The van der Waals surface area contributed by atoms with Gasteiger partial charge in [-0.1, -0.05) is 12.1 Å². The number of methoxy groups -OCH3 is 1. The van der Waals surface area contributed by atoms with Gasteiger partial charge in [0.2, 0.25) is 15.9 Å². The summed E-state index contributed by atoms with van der Waals surface area (Å²) in [5.41, 5.74) is 1.79. The van der Waals surface area contributed by atoms with Crippen molar-refractivity contribution in [1.82, 2.24) is 15.1 Å². The van der Waals surface area contributed by atoms with Crippen LogP contribution in [0.4, 0.5) is 0 Å². The molecule has 0 saturated carbocycles. The number of primary sulfonamides is 1. The van der Waals surface area contributed by atoms with Gasteiger partial charge >= 0.3 is 0 Å². The molecule has 3 N–H and O–H groups in total. The maximum Gasteiger partial charge on any atom is 0.267 e. The van der Waals surface area contributed by atoms with Gasteiger partial charge in [-0.3, -0.25) is 9.59 Å². The number of nitrogens with one attached hydrogen (secondary N) is 1. The van der Waals surface area contributed by atoms with Gasteiger partial charge in [0.1, 0.15) is 11.8 Å². The van der Waals surface area contributed by atoms with Crippen LogP contribution in [0.25, 0.3) is 11.3 Å². The average Bonchev–Trinajstić information content (AvgIpc) is 2.78. The Bertz CT molecular complexity index is 1250. The van der Waals surface area contributed by atoms with Crippen LogP contribution in [-0.4, -0.2) is 37.8 Å². The first-order valence-electron chi connectivity index (χ1n) is 9.83. The minimum Gasteiger partial charge on any atom is -0.497 e. The molecule has 0 aliphatic rings. The van der Waals surface area contributed by atoms with Crippen molar-refractivity contribution < 1.29 is 17.9 Å². The molecule has 0 fully saturated rings. The Morgan fingerprint density at radius 2 is 1.75 bits per heavy atom. The summed E-state index contributed by atoms with van der Waals surface area (Å²) >= 11 is 0. The van der Waals surface area contributed by atoms with Crippen molar-refractivity contribution in [2.45, 2.75) is 24.3 Å². The highest BCUT2D eigenvalue weighted by molar-refractivity contribution is 7.89. The Kier molecular flexibility index (Phi) is 7.06. The SMILES string of the molecule is COc1ccc(-c2ccc(=O)n(C(C)C(=O)NCCc3ccc(S(N)(=O)=O)cc3)n2)cc1. The Morgan fingerprint density at radius 1 is 1.09 bits per heavy atom. The zero-order valence-corrected chi connectivity index (χ0v) is 18.5. The number of carbonyl (C=O) groups is 1. The molecule has 2 aromatic carbocycles. The molecular weight excluding hydrogens is 432 g/mol. The van der Waals surface area contributed by atoms with Crippen molar-refractivity contribution in [3.63, 3.8) is 0 Å². The number of hydrogen-bond donors (Lipinski definition) is 2. The number of carbonyl (C=O) groups excluding carboxylic acids is 1. The maximum atomic E-state index is 12.6. The van der Waals surface area contributed by atoms with Gasteiger partial charge in [0.05, 0.1) is 17.7 Å². The van der Waals surface area contributed by atoms with Crippen LogP contribution in [0.3, 0.4) is 0 Å². The Hall–Kier alpha value is -3.50. The molecule has 0 saturated heterocycles. The molecule has 1 unspecified atom stereocenters. The van der Waals surface area contributed by atoms with E-state index < -0.39 is 16.1 Å². The molecule has 9 nitrogen and oxygen atoms in total. The minimum absolute atomic E-state index is 0.0288. The van der Waals surface area contributed by atoms with Gasteiger partial charge in [-0.25, -0.2) is 18.2 Å². The minimum atomic E-state index is -3.74. The van der Waals surface area contributed by atoms with Gasteiger partial charge in [0, 0.05) is 18.2 Å². The molecule has 10 heteroatoms. The van der Waals surface area contributed by atoms with Crippen LogP contribution in [0.15, 0.2) is 70.4 Å². The highest BCUT2D eigenvalue weighted by atomic mass is 32.2. The Morgan fingerprint density at radius 3 is 2.34 bits per heavy atom. The van der Waals surface area contributed by atoms with Crippen molar-refractivity contribution in [3.05, 3.63) is 76.6 Å². The molecule has 1 atom stereocenters. The van der Waals surface area contributed by atoms with Crippen LogP contribution < -0.4 is 20.8 Å². The summed E-state index contributed by atoms with van der Waals surface area (Å²) < 4.78 is 28.9. The second kappa shape index (κ2) is 9.75. The fourth-order valence-corrected chi connectivity index (χ4v) is 3.57. The summed E-state index contributed by atoms with van der Waals surface area (Å²) in [6.45, 7) is 1.91. The van der Waals surface area contributed by atoms with Crippen molar-refractivity contribution in [2.75, 3.05) is 13.7 Å². The first-order valence-corrected chi connectivity index (χ1v) is 11.4. The van der Waals surface area contributed by atoms with E-state index in [-0.39, 0.29) is 16.4 Å². The zero-order valence-electron chi connectivity index (χ0n) is 17.7. The van der Waals surface area contributed by atoms with E-state index in [9.17, 15) is 18.0 Å². The molecule has 0 radical (unpaired) electrons. The number of aromatic nitrogens is 2. The molecular formula is C22H24N4O5S. The number of nitrogens with zero attached hydrogens (tertiary/aromatic N) is 2. The van der Waals surface area contributed by atoms with Crippen LogP contribution >= 0.6 is 0 Å². The fraction of sp³-hybridized carbons (Fsp3) is 0.227. The van der Waals surface area contributed by atoms with E-state index in [0.717, 1.165) is 15.8 Å². The van der Waals surface area contributed by atoms with Crippen LogP contribution in [0, 0.1) is 0 Å². The van der Waals surface area contributed by atoms with Crippen molar-refractivity contribution in [2.24, 2.45) is 5.14 Å². The largest absolute Gasteiger partial charge is 0.497 e. The van der Waals surface area contributed by atoms with E-state index >= 15 is 0 Å². The van der Waals surface area contributed by atoms with E-state index in [2.05, 4.69) is 10.4 Å². The summed E-state index contributed by atoms with van der Waals surface area (Å²) in [7, 11) is -2.17. The summed E-state index contributed by atoms with van der Waals surface area (Å²) in [5.74, 6) is 0.349. The third-order valence-electron chi connectivity index (χ3n) is 4.92. The van der Waals surface area contributed by atoms with Crippen LogP contribution in [-0.2, 0) is 21.2 Å². The molecule has 0 spiro atoms. The fourth-order valence-electron chi connectivity index (χ4n) is 3.05. The van der Waals surface area contributed by atoms with Gasteiger partial charge in [-0.15, -0.1) is 0 Å². The van der Waals surface area contributed by atoms with Crippen molar-refractivity contribution in [3.8, 4) is 17.0 Å². The Balaban J connectivity index is 1.65. The average molecular weight is 457 g/mol. The molecule has 168 valence electrons. The standard InChI is InChI=1S/C22H24N4O5S/c1-15(22(28)24-14-13-16-3-9-19(10-4-16)32(23,29)30)26-21(27)12-11-20(25-26)17-5-7-18(31-2)8-6-17/h3-12,15H,13-14H2,1-2H3,(H,24,28)(H2,23,29,30). The van der Waals surface area contributed by atoms with Crippen LogP contribution in [0.5, 0.6) is 5.75 Å². The van der Waals surface area contributed by atoms with E-state index in [4.69, 9.17) is 9.88 Å². The molecule has 1 aromatic heterocycles. The summed E-state index contributed by atoms with van der Waals surface area (Å²) in [4.78, 5) is 24.9.